The second kappa shape index (κ2) is 9.29. The van der Waals surface area contributed by atoms with Crippen molar-refractivity contribution in [3.63, 3.8) is 0 Å². The van der Waals surface area contributed by atoms with E-state index in [1.165, 1.54) is 10.9 Å². The van der Waals surface area contributed by atoms with Crippen molar-refractivity contribution in [3.05, 3.63) is 75.8 Å². The van der Waals surface area contributed by atoms with Crippen LogP contribution >= 0.6 is 23.8 Å². The maximum absolute atomic E-state index is 12.4. The van der Waals surface area contributed by atoms with Crippen LogP contribution < -0.4 is 21.7 Å². The maximum atomic E-state index is 12.4. The number of benzene rings is 2. The zero-order chi connectivity index (χ0) is 19.9. The highest BCUT2D eigenvalue weighted by atomic mass is 35.5. The SMILES string of the molecule is O=C(Cn1cnc2ccccc2c1=O)NNC(=S)NCCc1ccc(Cl)cc1. The number of hydrazine groups is 1. The second-order valence-electron chi connectivity index (χ2n) is 6.00. The Kier molecular flexibility index (Phi) is 6.57. The van der Waals surface area contributed by atoms with E-state index in [1.807, 2.05) is 24.3 Å². The highest BCUT2D eigenvalue weighted by Gasteiger charge is 2.08. The number of para-hydroxylation sites is 1. The molecule has 1 amide bonds. The number of thiocarbonyl (C=S) groups is 1. The number of halogens is 1. The lowest BCUT2D eigenvalue weighted by atomic mass is 10.1. The summed E-state index contributed by atoms with van der Waals surface area (Å²) in [4.78, 5) is 28.6. The van der Waals surface area contributed by atoms with Crippen molar-refractivity contribution in [2.75, 3.05) is 6.54 Å². The molecule has 0 atom stereocenters. The average Bonchev–Trinajstić information content (AvgIpc) is 2.70. The van der Waals surface area contributed by atoms with Gasteiger partial charge in [0.15, 0.2) is 5.11 Å². The Morgan fingerprint density at radius 1 is 1.11 bits per heavy atom. The van der Waals surface area contributed by atoms with E-state index in [4.69, 9.17) is 23.8 Å². The van der Waals surface area contributed by atoms with Crippen molar-refractivity contribution in [1.82, 2.24) is 25.7 Å². The summed E-state index contributed by atoms with van der Waals surface area (Å²) in [5.74, 6) is -0.416. The number of rotatable bonds is 5. The molecule has 2 aromatic carbocycles. The summed E-state index contributed by atoms with van der Waals surface area (Å²) in [6, 6.07) is 14.5. The van der Waals surface area contributed by atoms with Gasteiger partial charge in [0.2, 0.25) is 0 Å². The molecule has 0 saturated carbocycles. The lowest BCUT2D eigenvalue weighted by molar-refractivity contribution is -0.122. The topological polar surface area (TPSA) is 88.0 Å². The third-order valence-corrected chi connectivity index (χ3v) is 4.47. The minimum absolute atomic E-state index is 0.170. The molecule has 7 nitrogen and oxygen atoms in total. The summed E-state index contributed by atoms with van der Waals surface area (Å²) in [5, 5.41) is 4.43. The van der Waals surface area contributed by atoms with E-state index in [2.05, 4.69) is 21.2 Å². The van der Waals surface area contributed by atoms with Gasteiger partial charge in [0.25, 0.3) is 11.5 Å². The summed E-state index contributed by atoms with van der Waals surface area (Å²) in [6.45, 7) is 0.425. The monoisotopic (exact) mass is 415 g/mol. The summed E-state index contributed by atoms with van der Waals surface area (Å²) >= 11 is 11.0. The van der Waals surface area contributed by atoms with E-state index in [0.29, 0.717) is 22.5 Å². The predicted molar refractivity (Wildman–Crippen MR) is 113 cm³/mol. The van der Waals surface area contributed by atoms with Gasteiger partial charge in [0.1, 0.15) is 6.54 Å². The number of aromatic nitrogens is 2. The molecule has 3 aromatic rings. The Morgan fingerprint density at radius 2 is 1.86 bits per heavy atom. The van der Waals surface area contributed by atoms with Gasteiger partial charge in [0.05, 0.1) is 17.2 Å². The molecule has 1 heterocycles. The van der Waals surface area contributed by atoms with Crippen molar-refractivity contribution in [2.24, 2.45) is 0 Å². The molecule has 9 heteroatoms. The number of hydrogen-bond donors (Lipinski definition) is 3. The van der Waals surface area contributed by atoms with E-state index >= 15 is 0 Å². The van der Waals surface area contributed by atoms with E-state index in [0.717, 1.165) is 12.0 Å². The zero-order valence-electron chi connectivity index (χ0n) is 14.8. The molecule has 0 bridgehead atoms. The Bertz CT molecular complexity index is 1050. The van der Waals surface area contributed by atoms with Crippen molar-refractivity contribution >= 4 is 45.7 Å². The van der Waals surface area contributed by atoms with Crippen LogP contribution in [0.4, 0.5) is 0 Å². The third-order valence-electron chi connectivity index (χ3n) is 3.97. The van der Waals surface area contributed by atoms with Gasteiger partial charge in [0, 0.05) is 11.6 Å². The highest BCUT2D eigenvalue weighted by Crippen LogP contribution is 2.09. The first-order chi connectivity index (χ1) is 13.5. The van der Waals surface area contributed by atoms with Gasteiger partial charge in [-0.25, -0.2) is 4.98 Å². The first kappa shape index (κ1) is 19.8. The number of hydrogen-bond acceptors (Lipinski definition) is 4. The number of nitrogens with zero attached hydrogens (tertiary/aromatic N) is 2. The van der Waals surface area contributed by atoms with Crippen molar-refractivity contribution in [1.29, 1.82) is 0 Å². The molecule has 28 heavy (non-hydrogen) atoms. The zero-order valence-corrected chi connectivity index (χ0v) is 16.4. The normalized spacial score (nSPS) is 10.5. The highest BCUT2D eigenvalue weighted by molar-refractivity contribution is 7.80. The molecule has 0 fully saturated rings. The van der Waals surface area contributed by atoms with Crippen LogP contribution in [0.2, 0.25) is 5.02 Å². The number of carbonyl (C=O) groups excluding carboxylic acids is 1. The van der Waals surface area contributed by atoms with Crippen LogP contribution in [0.5, 0.6) is 0 Å². The molecule has 3 rings (SSSR count). The minimum atomic E-state index is -0.416. The van der Waals surface area contributed by atoms with Gasteiger partial charge >= 0.3 is 0 Å². The molecule has 0 aliphatic heterocycles. The van der Waals surface area contributed by atoms with Crippen LogP contribution in [0.1, 0.15) is 5.56 Å². The molecule has 0 aliphatic carbocycles. The first-order valence-electron chi connectivity index (χ1n) is 8.54. The molecule has 3 N–H and O–H groups in total. The van der Waals surface area contributed by atoms with Crippen LogP contribution in [0.3, 0.4) is 0 Å². The number of carbonyl (C=O) groups is 1. The summed E-state index contributed by atoms with van der Waals surface area (Å²) < 4.78 is 1.25. The maximum Gasteiger partial charge on any atom is 0.261 e. The summed E-state index contributed by atoms with van der Waals surface area (Å²) in [5.41, 5.74) is 6.52. The number of nitrogens with one attached hydrogen (secondary N) is 3. The van der Waals surface area contributed by atoms with Gasteiger partial charge in [-0.1, -0.05) is 35.9 Å². The Morgan fingerprint density at radius 3 is 2.64 bits per heavy atom. The lowest BCUT2D eigenvalue weighted by Crippen LogP contribution is -2.48. The molecular weight excluding hydrogens is 398 g/mol. The van der Waals surface area contributed by atoms with Crippen molar-refractivity contribution in [3.8, 4) is 0 Å². The van der Waals surface area contributed by atoms with Crippen LogP contribution in [-0.4, -0.2) is 27.1 Å². The fourth-order valence-electron chi connectivity index (χ4n) is 2.56. The predicted octanol–water partition coefficient (Wildman–Crippen LogP) is 1.79. The van der Waals surface area contributed by atoms with Crippen LogP contribution in [0.25, 0.3) is 10.9 Å². The summed E-state index contributed by atoms with van der Waals surface area (Å²) in [7, 11) is 0. The fraction of sp³-hybridized carbons (Fsp3) is 0.158. The molecule has 0 unspecified atom stereocenters. The standard InChI is InChI=1S/C19H18ClN5O2S/c20-14-7-5-13(6-8-14)9-10-21-19(28)24-23-17(26)11-25-12-22-16-4-2-1-3-15(16)18(25)27/h1-8,12H,9-11H2,(H,23,26)(H2,21,24,28). The Hall–Kier alpha value is -2.97. The van der Waals surface area contributed by atoms with E-state index in [-0.39, 0.29) is 17.2 Å². The summed E-state index contributed by atoms with van der Waals surface area (Å²) in [6.07, 6.45) is 2.11. The number of fused-ring (bicyclic) bond motifs is 1. The lowest BCUT2D eigenvalue weighted by Gasteiger charge is -2.12. The van der Waals surface area contributed by atoms with Crippen LogP contribution in [-0.2, 0) is 17.8 Å². The number of amides is 1. The third kappa shape index (κ3) is 5.28. The van der Waals surface area contributed by atoms with Crippen LogP contribution in [0, 0.1) is 0 Å². The first-order valence-corrected chi connectivity index (χ1v) is 9.33. The van der Waals surface area contributed by atoms with E-state index in [9.17, 15) is 9.59 Å². The van der Waals surface area contributed by atoms with E-state index in [1.54, 1.807) is 24.3 Å². The fourth-order valence-corrected chi connectivity index (χ4v) is 2.83. The van der Waals surface area contributed by atoms with Gasteiger partial charge in [-0.3, -0.25) is 25.0 Å². The van der Waals surface area contributed by atoms with Crippen molar-refractivity contribution < 1.29 is 4.79 Å². The van der Waals surface area contributed by atoms with Gasteiger partial charge < -0.3 is 5.32 Å². The second-order valence-corrected chi connectivity index (χ2v) is 6.84. The average molecular weight is 416 g/mol. The molecule has 0 aliphatic rings. The molecule has 0 spiro atoms. The van der Waals surface area contributed by atoms with Gasteiger partial charge in [-0.15, -0.1) is 0 Å². The Labute approximate surface area is 171 Å². The molecule has 144 valence electrons. The molecule has 0 saturated heterocycles. The largest absolute Gasteiger partial charge is 0.361 e. The van der Waals surface area contributed by atoms with Gasteiger partial charge in [-0.05, 0) is 48.5 Å². The molecule has 0 radical (unpaired) electrons. The smallest absolute Gasteiger partial charge is 0.261 e. The minimum Gasteiger partial charge on any atom is -0.361 e. The van der Waals surface area contributed by atoms with Crippen LogP contribution in [0.15, 0.2) is 59.7 Å². The van der Waals surface area contributed by atoms with Crippen molar-refractivity contribution in [2.45, 2.75) is 13.0 Å². The van der Waals surface area contributed by atoms with E-state index < -0.39 is 5.91 Å². The molecular formula is C19H18ClN5O2S. The van der Waals surface area contributed by atoms with Gasteiger partial charge in [-0.2, -0.15) is 0 Å². The molecule has 1 aromatic heterocycles. The Balaban J connectivity index is 1.45. The quantitative estimate of drug-likeness (QED) is 0.435.